The molecule has 1 aromatic heterocycles. The van der Waals surface area contributed by atoms with E-state index >= 15 is 0 Å². The number of nitrogens with zero attached hydrogens (tertiary/aromatic N) is 1. The molecule has 2 aromatic rings. The highest BCUT2D eigenvalue weighted by Gasteiger charge is 2.22. The zero-order chi connectivity index (χ0) is 13.2. The Morgan fingerprint density at radius 1 is 1.42 bits per heavy atom. The predicted molar refractivity (Wildman–Crippen MR) is 83.7 cm³/mol. The van der Waals surface area contributed by atoms with Crippen molar-refractivity contribution in [1.82, 2.24) is 4.98 Å². The lowest BCUT2D eigenvalue weighted by molar-refractivity contribution is 0.153. The number of aliphatic hydroxyl groups excluding tert-OH is 1. The topological polar surface area (TPSA) is 33.1 Å². The highest BCUT2D eigenvalue weighted by Crippen LogP contribution is 2.36. The SMILES string of the molecule is OC1CCCc2sc(CSc3ccccc3Br)nc21. The Balaban J connectivity index is 1.73. The van der Waals surface area contributed by atoms with Gasteiger partial charge in [0.1, 0.15) is 5.01 Å². The van der Waals surface area contributed by atoms with E-state index in [1.807, 2.05) is 12.1 Å². The van der Waals surface area contributed by atoms with Crippen LogP contribution in [0.15, 0.2) is 33.6 Å². The summed E-state index contributed by atoms with van der Waals surface area (Å²) >= 11 is 7.10. The van der Waals surface area contributed by atoms with E-state index in [4.69, 9.17) is 0 Å². The number of fused-ring (bicyclic) bond motifs is 1. The molecule has 0 aliphatic heterocycles. The van der Waals surface area contributed by atoms with Crippen LogP contribution in [0.5, 0.6) is 0 Å². The van der Waals surface area contributed by atoms with Gasteiger partial charge in [-0.1, -0.05) is 12.1 Å². The number of benzene rings is 1. The smallest absolute Gasteiger partial charge is 0.103 e. The molecule has 19 heavy (non-hydrogen) atoms. The number of halogens is 1. The van der Waals surface area contributed by atoms with Crippen molar-refractivity contribution in [2.75, 3.05) is 0 Å². The number of aromatic nitrogens is 1. The average Bonchev–Trinajstić information content (AvgIpc) is 2.82. The minimum Gasteiger partial charge on any atom is -0.387 e. The van der Waals surface area contributed by atoms with Crippen LogP contribution in [0.1, 0.15) is 34.5 Å². The first-order chi connectivity index (χ1) is 9.24. The summed E-state index contributed by atoms with van der Waals surface area (Å²) in [6.45, 7) is 0. The quantitative estimate of drug-likeness (QED) is 0.818. The molecular formula is C14H14BrNOS2. The van der Waals surface area contributed by atoms with E-state index in [2.05, 4.69) is 33.0 Å². The zero-order valence-corrected chi connectivity index (χ0v) is 13.5. The van der Waals surface area contributed by atoms with Gasteiger partial charge in [-0.25, -0.2) is 4.98 Å². The molecular weight excluding hydrogens is 342 g/mol. The van der Waals surface area contributed by atoms with Gasteiger partial charge in [0.05, 0.1) is 17.6 Å². The van der Waals surface area contributed by atoms with Crippen molar-refractivity contribution >= 4 is 39.0 Å². The molecule has 1 N–H and O–H groups in total. The maximum atomic E-state index is 9.93. The molecule has 0 fully saturated rings. The Labute approximate surface area is 129 Å². The molecule has 0 saturated heterocycles. The van der Waals surface area contributed by atoms with Gasteiger partial charge in [-0.3, -0.25) is 0 Å². The molecule has 0 radical (unpaired) electrons. The minimum absolute atomic E-state index is 0.345. The number of aryl methyl sites for hydroxylation is 1. The van der Waals surface area contributed by atoms with Crippen molar-refractivity contribution in [3.05, 3.63) is 44.3 Å². The molecule has 5 heteroatoms. The Kier molecular flexibility index (Phi) is 4.27. The predicted octanol–water partition coefficient (Wildman–Crippen LogP) is 4.57. The molecule has 0 bridgehead atoms. The second-order valence-corrected chi connectivity index (χ2v) is 7.58. The number of hydrogen-bond donors (Lipinski definition) is 1. The van der Waals surface area contributed by atoms with Gasteiger partial charge in [0.2, 0.25) is 0 Å². The summed E-state index contributed by atoms with van der Waals surface area (Å²) < 4.78 is 1.13. The van der Waals surface area contributed by atoms with Crippen LogP contribution in [-0.2, 0) is 12.2 Å². The third-order valence-corrected chi connectivity index (χ3v) is 6.51. The average molecular weight is 356 g/mol. The van der Waals surface area contributed by atoms with Crippen LogP contribution in [0.3, 0.4) is 0 Å². The highest BCUT2D eigenvalue weighted by molar-refractivity contribution is 9.10. The third-order valence-electron chi connectivity index (χ3n) is 3.16. The number of rotatable bonds is 3. The summed E-state index contributed by atoms with van der Waals surface area (Å²) in [4.78, 5) is 7.12. The first kappa shape index (κ1) is 13.6. The Morgan fingerprint density at radius 2 is 2.26 bits per heavy atom. The maximum absolute atomic E-state index is 9.93. The Morgan fingerprint density at radius 3 is 3.05 bits per heavy atom. The molecule has 1 aliphatic carbocycles. The first-order valence-electron chi connectivity index (χ1n) is 6.28. The summed E-state index contributed by atoms with van der Waals surface area (Å²) in [6, 6.07) is 8.23. The number of thioether (sulfide) groups is 1. The van der Waals surface area contributed by atoms with Gasteiger partial charge in [0, 0.05) is 14.2 Å². The third kappa shape index (κ3) is 3.05. The van der Waals surface area contributed by atoms with E-state index in [1.165, 1.54) is 9.77 Å². The Bertz CT molecular complexity index is 585. The normalized spacial score (nSPS) is 18.3. The molecule has 2 nitrogen and oxygen atoms in total. The molecule has 3 rings (SSSR count). The zero-order valence-electron chi connectivity index (χ0n) is 10.3. The first-order valence-corrected chi connectivity index (χ1v) is 8.87. The van der Waals surface area contributed by atoms with E-state index in [9.17, 15) is 5.11 Å². The summed E-state index contributed by atoms with van der Waals surface area (Å²) in [5.41, 5.74) is 0.930. The maximum Gasteiger partial charge on any atom is 0.103 e. The fraction of sp³-hybridized carbons (Fsp3) is 0.357. The van der Waals surface area contributed by atoms with Crippen molar-refractivity contribution in [2.24, 2.45) is 0 Å². The van der Waals surface area contributed by atoms with Gasteiger partial charge in [0.15, 0.2) is 0 Å². The monoisotopic (exact) mass is 355 g/mol. The van der Waals surface area contributed by atoms with Crippen molar-refractivity contribution in [2.45, 2.75) is 36.0 Å². The minimum atomic E-state index is -0.345. The molecule has 1 heterocycles. The molecule has 0 spiro atoms. The van der Waals surface area contributed by atoms with Crippen molar-refractivity contribution < 1.29 is 5.11 Å². The highest BCUT2D eigenvalue weighted by atomic mass is 79.9. The second kappa shape index (κ2) is 5.95. The number of thiazole rings is 1. The molecule has 0 amide bonds. The lowest BCUT2D eigenvalue weighted by atomic mass is 10.0. The molecule has 1 unspecified atom stereocenters. The molecule has 100 valence electrons. The van der Waals surface area contributed by atoms with Crippen LogP contribution in [0.2, 0.25) is 0 Å². The largest absolute Gasteiger partial charge is 0.387 e. The molecule has 1 aliphatic rings. The van der Waals surface area contributed by atoms with E-state index in [-0.39, 0.29) is 6.10 Å². The van der Waals surface area contributed by atoms with E-state index in [1.54, 1.807) is 23.1 Å². The van der Waals surface area contributed by atoms with E-state index < -0.39 is 0 Å². The van der Waals surface area contributed by atoms with Gasteiger partial charge >= 0.3 is 0 Å². The fourth-order valence-electron chi connectivity index (χ4n) is 2.21. The van der Waals surface area contributed by atoms with Crippen molar-refractivity contribution in [3.8, 4) is 0 Å². The van der Waals surface area contributed by atoms with Gasteiger partial charge in [0.25, 0.3) is 0 Å². The number of aliphatic hydroxyl groups is 1. The van der Waals surface area contributed by atoms with Crippen molar-refractivity contribution in [1.29, 1.82) is 0 Å². The van der Waals surface area contributed by atoms with Crippen LogP contribution in [-0.4, -0.2) is 10.1 Å². The van der Waals surface area contributed by atoms with Gasteiger partial charge in [-0.15, -0.1) is 23.1 Å². The summed E-state index contributed by atoms with van der Waals surface area (Å²) in [5.74, 6) is 0.868. The van der Waals surface area contributed by atoms with Gasteiger partial charge in [-0.05, 0) is 47.3 Å². The van der Waals surface area contributed by atoms with Gasteiger partial charge in [-0.2, -0.15) is 0 Å². The summed E-state index contributed by atoms with van der Waals surface area (Å²) in [6.07, 6.45) is 2.66. The Hall–Kier alpha value is -0.360. The van der Waals surface area contributed by atoms with Crippen LogP contribution in [0, 0.1) is 0 Å². The summed E-state index contributed by atoms with van der Waals surface area (Å²) in [5, 5.41) is 11.1. The van der Waals surface area contributed by atoms with E-state index in [0.29, 0.717) is 0 Å². The number of hydrogen-bond acceptors (Lipinski definition) is 4. The standard InChI is InChI=1S/C14H14BrNOS2/c15-9-4-1-2-6-11(9)18-8-13-16-14-10(17)5-3-7-12(14)19-13/h1-2,4,6,10,17H,3,5,7-8H2. The van der Waals surface area contributed by atoms with Crippen LogP contribution in [0.4, 0.5) is 0 Å². The van der Waals surface area contributed by atoms with Crippen LogP contribution >= 0.6 is 39.0 Å². The van der Waals surface area contributed by atoms with Crippen LogP contribution in [0.25, 0.3) is 0 Å². The fourth-order valence-corrected chi connectivity index (χ4v) is 4.94. The van der Waals surface area contributed by atoms with E-state index in [0.717, 1.165) is 40.2 Å². The van der Waals surface area contributed by atoms with Gasteiger partial charge < -0.3 is 5.11 Å². The molecule has 0 saturated carbocycles. The second-order valence-electron chi connectivity index (χ2n) is 4.54. The lowest BCUT2D eigenvalue weighted by Gasteiger charge is -2.14. The summed E-state index contributed by atoms with van der Waals surface area (Å²) in [7, 11) is 0. The molecule has 1 aromatic carbocycles. The molecule has 1 atom stereocenters. The van der Waals surface area contributed by atoms with Crippen LogP contribution < -0.4 is 0 Å². The van der Waals surface area contributed by atoms with Crippen molar-refractivity contribution in [3.63, 3.8) is 0 Å². The lowest BCUT2D eigenvalue weighted by Crippen LogP contribution is -2.07.